The van der Waals surface area contributed by atoms with Crippen LogP contribution in [0.3, 0.4) is 0 Å². The summed E-state index contributed by atoms with van der Waals surface area (Å²) < 4.78 is 2.41. The number of fused-ring (bicyclic) bond motifs is 3. The van der Waals surface area contributed by atoms with Gasteiger partial charge in [-0.25, -0.2) is 15.0 Å². The summed E-state index contributed by atoms with van der Waals surface area (Å²) in [6, 6.07) is 72.4. The predicted molar refractivity (Wildman–Crippen MR) is 227 cm³/mol. The third-order valence-electron chi connectivity index (χ3n) is 10.3. The van der Waals surface area contributed by atoms with E-state index in [4.69, 9.17) is 15.0 Å². The van der Waals surface area contributed by atoms with Crippen molar-refractivity contribution in [2.45, 2.75) is 0 Å². The highest BCUT2D eigenvalue weighted by Gasteiger charge is 2.19. The molecule has 2 aromatic heterocycles. The molecule has 0 saturated heterocycles. The van der Waals surface area contributed by atoms with Gasteiger partial charge in [-0.05, 0) is 46.0 Å². The van der Waals surface area contributed by atoms with Crippen molar-refractivity contribution in [2.24, 2.45) is 0 Å². The molecule has 0 N–H and O–H groups in total. The van der Waals surface area contributed by atoms with Crippen LogP contribution in [0.15, 0.2) is 206 Å². The molecule has 0 aliphatic heterocycles. The van der Waals surface area contributed by atoms with Gasteiger partial charge in [-0.3, -0.25) is 0 Å². The van der Waals surface area contributed by atoms with Gasteiger partial charge in [0.1, 0.15) is 0 Å². The van der Waals surface area contributed by atoms with Crippen molar-refractivity contribution in [2.75, 3.05) is 0 Å². The summed E-state index contributed by atoms with van der Waals surface area (Å²) in [5.41, 5.74) is 13.1. The molecule has 8 aromatic carbocycles. The van der Waals surface area contributed by atoms with E-state index in [1.807, 2.05) is 60.7 Å². The first-order valence-corrected chi connectivity index (χ1v) is 18.5. The summed E-state index contributed by atoms with van der Waals surface area (Å²) >= 11 is 0. The van der Waals surface area contributed by atoms with Crippen LogP contribution < -0.4 is 0 Å². The number of nitrogens with zero attached hydrogens (tertiary/aromatic N) is 4. The first-order valence-electron chi connectivity index (χ1n) is 18.5. The van der Waals surface area contributed by atoms with Gasteiger partial charge in [-0.2, -0.15) is 0 Å². The Morgan fingerprint density at radius 1 is 0.273 bits per heavy atom. The predicted octanol–water partition coefficient (Wildman–Crippen LogP) is 13.0. The summed E-state index contributed by atoms with van der Waals surface area (Å²) in [7, 11) is 0. The van der Waals surface area contributed by atoms with Crippen molar-refractivity contribution in [3.05, 3.63) is 206 Å². The number of hydrogen-bond acceptors (Lipinski definition) is 3. The maximum atomic E-state index is 5.10. The first kappa shape index (κ1) is 32.2. The summed E-state index contributed by atoms with van der Waals surface area (Å²) in [5, 5.41) is 2.40. The smallest absolute Gasteiger partial charge is 0.164 e. The van der Waals surface area contributed by atoms with Gasteiger partial charge in [0, 0.05) is 33.0 Å². The Morgan fingerprint density at radius 3 is 1.29 bits per heavy atom. The molecule has 0 unspecified atom stereocenters. The Labute approximate surface area is 319 Å². The van der Waals surface area contributed by atoms with Crippen molar-refractivity contribution in [1.29, 1.82) is 0 Å². The Hall–Kier alpha value is -7.43. The van der Waals surface area contributed by atoms with Crippen LogP contribution in [0, 0.1) is 0 Å². The van der Waals surface area contributed by atoms with Gasteiger partial charge in [-0.15, -0.1) is 0 Å². The quantitative estimate of drug-likeness (QED) is 0.166. The molecular weight excluding hydrogens is 669 g/mol. The van der Waals surface area contributed by atoms with E-state index in [1.165, 1.54) is 27.5 Å². The minimum absolute atomic E-state index is 0.619. The monoisotopic (exact) mass is 702 g/mol. The second-order valence-electron chi connectivity index (χ2n) is 13.7. The molecule has 0 aliphatic rings. The van der Waals surface area contributed by atoms with E-state index in [1.54, 1.807) is 0 Å². The molecule has 4 nitrogen and oxygen atoms in total. The van der Waals surface area contributed by atoms with Crippen LogP contribution in [-0.4, -0.2) is 19.5 Å². The van der Waals surface area contributed by atoms with Crippen LogP contribution in [0.4, 0.5) is 0 Å². The zero-order valence-corrected chi connectivity index (χ0v) is 29.9. The molecule has 0 bridgehead atoms. The fourth-order valence-electron chi connectivity index (χ4n) is 7.55. The largest absolute Gasteiger partial charge is 0.309 e. The van der Waals surface area contributed by atoms with Gasteiger partial charge in [-0.1, -0.05) is 188 Å². The van der Waals surface area contributed by atoms with Crippen LogP contribution in [0.2, 0.25) is 0 Å². The molecule has 0 atom stereocenters. The van der Waals surface area contributed by atoms with Crippen molar-refractivity contribution in [1.82, 2.24) is 19.5 Å². The lowest BCUT2D eigenvalue weighted by atomic mass is 9.99. The molecule has 0 radical (unpaired) electrons. The number of rotatable bonds is 7. The van der Waals surface area contributed by atoms with Gasteiger partial charge < -0.3 is 4.57 Å². The maximum Gasteiger partial charge on any atom is 0.164 e. The van der Waals surface area contributed by atoms with E-state index in [0.717, 1.165) is 50.1 Å². The standard InChI is InChI=1S/C51H34N4/c1-5-15-35(16-6-1)36-25-27-37(28-26-36)41-29-32-45-44-23-13-14-24-46(44)55(48(45)33-41)47-34-42(30-31-43(47)38-17-7-2-8-18-38)51-53-49(39-19-9-3-10-20-39)52-50(54-51)40-21-11-4-12-22-40/h1-34H. The normalized spacial score (nSPS) is 11.3. The zero-order chi connectivity index (χ0) is 36.6. The molecule has 10 aromatic rings. The summed E-state index contributed by atoms with van der Waals surface area (Å²) in [6.07, 6.45) is 0. The highest BCUT2D eigenvalue weighted by Crippen LogP contribution is 2.40. The highest BCUT2D eigenvalue weighted by molar-refractivity contribution is 6.11. The van der Waals surface area contributed by atoms with E-state index in [0.29, 0.717) is 17.5 Å². The van der Waals surface area contributed by atoms with Crippen molar-refractivity contribution >= 4 is 21.8 Å². The van der Waals surface area contributed by atoms with E-state index in [2.05, 4.69) is 150 Å². The fourth-order valence-corrected chi connectivity index (χ4v) is 7.55. The third-order valence-corrected chi connectivity index (χ3v) is 10.3. The summed E-state index contributed by atoms with van der Waals surface area (Å²) in [6.45, 7) is 0. The lowest BCUT2D eigenvalue weighted by molar-refractivity contribution is 1.07. The second kappa shape index (κ2) is 13.8. The Bertz CT molecular complexity index is 2880. The minimum atomic E-state index is 0.619. The second-order valence-corrected chi connectivity index (χ2v) is 13.7. The van der Waals surface area contributed by atoms with Gasteiger partial charge in [0.05, 0.1) is 16.7 Å². The highest BCUT2D eigenvalue weighted by atomic mass is 15.0. The number of hydrogen-bond donors (Lipinski definition) is 0. The van der Waals surface area contributed by atoms with E-state index in [9.17, 15) is 0 Å². The zero-order valence-electron chi connectivity index (χ0n) is 29.9. The van der Waals surface area contributed by atoms with Crippen molar-refractivity contribution in [3.8, 4) is 73.2 Å². The molecule has 0 spiro atoms. The summed E-state index contributed by atoms with van der Waals surface area (Å²) in [5.74, 6) is 1.89. The fraction of sp³-hybridized carbons (Fsp3) is 0. The first-order chi connectivity index (χ1) is 27.3. The maximum absolute atomic E-state index is 5.10. The minimum Gasteiger partial charge on any atom is -0.309 e. The van der Waals surface area contributed by atoms with E-state index < -0.39 is 0 Å². The molecule has 0 fully saturated rings. The molecule has 4 heteroatoms. The topological polar surface area (TPSA) is 43.6 Å². The molecule has 0 saturated carbocycles. The molecule has 10 rings (SSSR count). The van der Waals surface area contributed by atoms with Crippen LogP contribution in [0.25, 0.3) is 95.0 Å². The van der Waals surface area contributed by atoms with Crippen molar-refractivity contribution < 1.29 is 0 Å². The van der Waals surface area contributed by atoms with Gasteiger partial charge in [0.2, 0.25) is 0 Å². The van der Waals surface area contributed by atoms with Crippen LogP contribution >= 0.6 is 0 Å². The lowest BCUT2D eigenvalue weighted by Crippen LogP contribution is -2.02. The van der Waals surface area contributed by atoms with Crippen LogP contribution in [-0.2, 0) is 0 Å². The molecular formula is C51H34N4. The molecule has 258 valence electrons. The molecule has 0 aliphatic carbocycles. The number of para-hydroxylation sites is 1. The number of benzene rings is 8. The third kappa shape index (κ3) is 6.06. The Morgan fingerprint density at radius 2 is 0.691 bits per heavy atom. The van der Waals surface area contributed by atoms with Gasteiger partial charge >= 0.3 is 0 Å². The number of aromatic nitrogens is 4. The lowest BCUT2D eigenvalue weighted by Gasteiger charge is -2.17. The van der Waals surface area contributed by atoms with Gasteiger partial charge in [0.25, 0.3) is 0 Å². The van der Waals surface area contributed by atoms with E-state index in [-0.39, 0.29) is 0 Å². The molecule has 2 heterocycles. The molecule has 0 amide bonds. The molecule has 55 heavy (non-hydrogen) atoms. The average Bonchev–Trinajstić information content (AvgIpc) is 3.61. The van der Waals surface area contributed by atoms with E-state index >= 15 is 0 Å². The van der Waals surface area contributed by atoms with Crippen LogP contribution in [0.1, 0.15) is 0 Å². The van der Waals surface area contributed by atoms with Crippen molar-refractivity contribution in [3.63, 3.8) is 0 Å². The SMILES string of the molecule is c1ccc(-c2ccc(-c3ccc4c5ccccc5n(-c5cc(-c6nc(-c7ccccc7)nc(-c7ccccc7)n6)ccc5-c5ccccc5)c4c3)cc2)cc1. The van der Waals surface area contributed by atoms with Crippen LogP contribution in [0.5, 0.6) is 0 Å². The van der Waals surface area contributed by atoms with Gasteiger partial charge in [0.15, 0.2) is 17.5 Å². The summed E-state index contributed by atoms with van der Waals surface area (Å²) in [4.78, 5) is 15.2. The Kier molecular flexibility index (Phi) is 8.12. The average molecular weight is 703 g/mol. The Balaban J connectivity index is 1.19.